The number of urea groups is 1. The molecule has 1 aromatic heterocycles. The van der Waals surface area contributed by atoms with Gasteiger partial charge in [0.15, 0.2) is 0 Å². The van der Waals surface area contributed by atoms with E-state index in [1.165, 1.54) is 5.56 Å². The van der Waals surface area contributed by atoms with Crippen LogP contribution in [0.3, 0.4) is 0 Å². The van der Waals surface area contributed by atoms with Gasteiger partial charge in [-0.05, 0) is 42.0 Å². The predicted molar refractivity (Wildman–Crippen MR) is 104 cm³/mol. The monoisotopic (exact) mass is 364 g/mol. The molecule has 0 aliphatic carbocycles. The number of hydrogen-bond donors (Lipinski definition) is 0. The summed E-state index contributed by atoms with van der Waals surface area (Å²) in [5.74, 6) is 0.0129. The summed E-state index contributed by atoms with van der Waals surface area (Å²) < 4.78 is 0. The second kappa shape index (κ2) is 7.02. The Hall–Kier alpha value is -2.89. The predicted octanol–water partition coefficient (Wildman–Crippen LogP) is 2.71. The molecule has 2 aromatic rings. The Morgan fingerprint density at radius 1 is 1.04 bits per heavy atom. The van der Waals surface area contributed by atoms with Crippen LogP contribution in [0.5, 0.6) is 0 Å². The molecule has 0 radical (unpaired) electrons. The van der Waals surface area contributed by atoms with E-state index in [9.17, 15) is 9.59 Å². The lowest BCUT2D eigenvalue weighted by atomic mass is 9.95. The molecule has 6 heteroatoms. The summed E-state index contributed by atoms with van der Waals surface area (Å²) in [6.07, 6.45) is 6.12. The molecule has 2 aliphatic heterocycles. The SMILES string of the molecule is CN(C)C(=O)N1CCc2c(cncc2C(=O)N2CCCc3ccccc32)C1. The molecule has 0 saturated heterocycles. The Bertz CT molecular complexity index is 894. The quantitative estimate of drug-likeness (QED) is 0.782. The Morgan fingerprint density at radius 3 is 2.67 bits per heavy atom. The van der Waals surface area contributed by atoms with Gasteiger partial charge in [-0.15, -0.1) is 0 Å². The summed E-state index contributed by atoms with van der Waals surface area (Å²) >= 11 is 0. The van der Waals surface area contributed by atoms with Gasteiger partial charge in [0.05, 0.1) is 5.56 Å². The van der Waals surface area contributed by atoms with Crippen molar-refractivity contribution in [1.82, 2.24) is 14.8 Å². The second-order valence-electron chi connectivity index (χ2n) is 7.36. The third-order valence-corrected chi connectivity index (χ3v) is 5.38. The number of benzene rings is 1. The fraction of sp³-hybridized carbons (Fsp3) is 0.381. The summed E-state index contributed by atoms with van der Waals surface area (Å²) in [4.78, 5) is 35.2. The van der Waals surface area contributed by atoms with Crippen molar-refractivity contribution in [2.24, 2.45) is 0 Å². The van der Waals surface area contributed by atoms with Crippen molar-refractivity contribution in [3.8, 4) is 0 Å². The van der Waals surface area contributed by atoms with Gasteiger partial charge in [-0.25, -0.2) is 4.79 Å². The highest BCUT2D eigenvalue weighted by atomic mass is 16.2. The van der Waals surface area contributed by atoms with E-state index in [1.807, 2.05) is 23.1 Å². The fourth-order valence-electron chi connectivity index (χ4n) is 4.01. The fourth-order valence-corrected chi connectivity index (χ4v) is 4.01. The Kier molecular flexibility index (Phi) is 4.56. The third kappa shape index (κ3) is 3.16. The van der Waals surface area contributed by atoms with Crippen LogP contribution in [0, 0.1) is 0 Å². The first kappa shape index (κ1) is 17.5. The Balaban J connectivity index is 1.64. The number of amides is 3. The van der Waals surface area contributed by atoms with E-state index in [0.717, 1.165) is 36.2 Å². The van der Waals surface area contributed by atoms with Crippen LogP contribution in [0.25, 0.3) is 0 Å². The molecule has 0 N–H and O–H groups in total. The first-order valence-corrected chi connectivity index (χ1v) is 9.38. The molecular weight excluding hydrogens is 340 g/mol. The van der Waals surface area contributed by atoms with Crippen LogP contribution in [0.2, 0.25) is 0 Å². The van der Waals surface area contributed by atoms with Gasteiger partial charge in [0.25, 0.3) is 5.91 Å². The number of pyridine rings is 1. The van der Waals surface area contributed by atoms with Crippen molar-refractivity contribution in [2.75, 3.05) is 32.1 Å². The molecule has 27 heavy (non-hydrogen) atoms. The zero-order valence-electron chi connectivity index (χ0n) is 15.8. The van der Waals surface area contributed by atoms with Gasteiger partial charge in [-0.3, -0.25) is 9.78 Å². The maximum atomic E-state index is 13.4. The lowest BCUT2D eigenvalue weighted by Gasteiger charge is -2.33. The number of aryl methyl sites for hydroxylation is 1. The maximum Gasteiger partial charge on any atom is 0.319 e. The van der Waals surface area contributed by atoms with Gasteiger partial charge in [-0.2, -0.15) is 0 Å². The van der Waals surface area contributed by atoms with Crippen LogP contribution < -0.4 is 4.90 Å². The number of fused-ring (bicyclic) bond motifs is 2. The zero-order chi connectivity index (χ0) is 19.0. The van der Waals surface area contributed by atoms with Crippen LogP contribution in [0.15, 0.2) is 36.7 Å². The average Bonchev–Trinajstić information content (AvgIpc) is 2.71. The minimum atomic E-state index is -0.0117. The van der Waals surface area contributed by atoms with Crippen molar-refractivity contribution in [3.63, 3.8) is 0 Å². The molecule has 1 aromatic carbocycles. The molecule has 2 aliphatic rings. The number of hydrogen-bond acceptors (Lipinski definition) is 3. The van der Waals surface area contributed by atoms with E-state index in [-0.39, 0.29) is 11.9 Å². The van der Waals surface area contributed by atoms with Gasteiger partial charge < -0.3 is 14.7 Å². The highest BCUT2D eigenvalue weighted by Crippen LogP contribution is 2.30. The van der Waals surface area contributed by atoms with Gasteiger partial charge in [-0.1, -0.05) is 18.2 Å². The molecule has 0 atom stereocenters. The van der Waals surface area contributed by atoms with Crippen molar-refractivity contribution in [3.05, 3.63) is 58.9 Å². The molecule has 6 nitrogen and oxygen atoms in total. The molecule has 4 rings (SSSR count). The molecule has 3 amide bonds. The standard InChI is InChI=1S/C21H24N4O2/c1-23(2)21(27)24-11-9-17-16(14-24)12-22-13-18(17)20(26)25-10-5-7-15-6-3-4-8-19(15)25/h3-4,6,8,12-13H,5,7,9-11,14H2,1-2H3. The number of carbonyl (C=O) groups excluding carboxylic acids is 2. The largest absolute Gasteiger partial charge is 0.331 e. The van der Waals surface area contributed by atoms with E-state index in [2.05, 4.69) is 11.1 Å². The minimum Gasteiger partial charge on any atom is -0.331 e. The van der Waals surface area contributed by atoms with Crippen molar-refractivity contribution in [2.45, 2.75) is 25.8 Å². The molecule has 0 unspecified atom stereocenters. The normalized spacial score (nSPS) is 15.8. The van der Waals surface area contributed by atoms with Gasteiger partial charge >= 0.3 is 6.03 Å². The Labute approximate surface area is 159 Å². The summed E-state index contributed by atoms with van der Waals surface area (Å²) in [6.45, 7) is 1.84. The molecular formula is C21H24N4O2. The highest BCUT2D eigenvalue weighted by Gasteiger charge is 2.29. The number of anilines is 1. The topological polar surface area (TPSA) is 56.8 Å². The number of para-hydroxylation sites is 1. The van der Waals surface area contributed by atoms with Crippen molar-refractivity contribution < 1.29 is 9.59 Å². The van der Waals surface area contributed by atoms with Gasteiger partial charge in [0, 0.05) is 51.8 Å². The molecule has 3 heterocycles. The smallest absolute Gasteiger partial charge is 0.319 e. The molecule has 140 valence electrons. The number of carbonyl (C=O) groups is 2. The molecule has 0 bridgehead atoms. The lowest BCUT2D eigenvalue weighted by Crippen LogP contribution is -2.43. The van der Waals surface area contributed by atoms with Gasteiger partial charge in [0.2, 0.25) is 0 Å². The first-order valence-electron chi connectivity index (χ1n) is 9.38. The van der Waals surface area contributed by atoms with Crippen LogP contribution in [0.4, 0.5) is 10.5 Å². The summed E-state index contributed by atoms with van der Waals surface area (Å²) in [5, 5.41) is 0. The second-order valence-corrected chi connectivity index (χ2v) is 7.36. The minimum absolute atomic E-state index is 0.0117. The number of aromatic nitrogens is 1. The van der Waals surface area contributed by atoms with Crippen molar-refractivity contribution in [1.29, 1.82) is 0 Å². The van der Waals surface area contributed by atoms with E-state index in [1.54, 1.807) is 36.3 Å². The first-order chi connectivity index (χ1) is 13.1. The van der Waals surface area contributed by atoms with E-state index < -0.39 is 0 Å². The summed E-state index contributed by atoms with van der Waals surface area (Å²) in [5.41, 5.74) is 4.89. The molecule has 0 fully saturated rings. The van der Waals surface area contributed by atoms with E-state index >= 15 is 0 Å². The summed E-state index contributed by atoms with van der Waals surface area (Å²) in [6, 6.07) is 8.11. The Morgan fingerprint density at radius 2 is 1.85 bits per heavy atom. The summed E-state index contributed by atoms with van der Waals surface area (Å²) in [7, 11) is 3.51. The number of nitrogens with zero attached hydrogens (tertiary/aromatic N) is 4. The van der Waals surface area contributed by atoms with Crippen LogP contribution >= 0.6 is 0 Å². The molecule has 0 spiro atoms. The van der Waals surface area contributed by atoms with Crippen LogP contribution in [-0.2, 0) is 19.4 Å². The van der Waals surface area contributed by atoms with E-state index in [4.69, 9.17) is 0 Å². The third-order valence-electron chi connectivity index (χ3n) is 5.38. The zero-order valence-corrected chi connectivity index (χ0v) is 15.8. The maximum absolute atomic E-state index is 13.4. The van der Waals surface area contributed by atoms with Crippen molar-refractivity contribution >= 4 is 17.6 Å². The molecule has 0 saturated carbocycles. The average molecular weight is 364 g/mol. The van der Waals surface area contributed by atoms with Crippen LogP contribution in [-0.4, -0.2) is 53.9 Å². The number of rotatable bonds is 1. The lowest BCUT2D eigenvalue weighted by molar-refractivity contribution is 0.0983. The van der Waals surface area contributed by atoms with Gasteiger partial charge in [0.1, 0.15) is 0 Å². The highest BCUT2D eigenvalue weighted by molar-refractivity contribution is 6.07. The van der Waals surface area contributed by atoms with E-state index in [0.29, 0.717) is 25.1 Å². The van der Waals surface area contributed by atoms with Crippen LogP contribution in [0.1, 0.15) is 33.5 Å².